The van der Waals surface area contributed by atoms with Crippen LogP contribution in [0.5, 0.6) is 0 Å². The molecule has 656 valence electrons. The summed E-state index contributed by atoms with van der Waals surface area (Å²) in [6.45, 7) is 44.8. The summed E-state index contributed by atoms with van der Waals surface area (Å²) >= 11 is 0. The Balaban J connectivity index is 0.000000117. The Morgan fingerprint density at radius 1 is 0.310 bits per heavy atom. The van der Waals surface area contributed by atoms with Crippen LogP contribution < -0.4 is 0 Å². The molecule has 0 aromatic carbocycles. The van der Waals surface area contributed by atoms with Crippen molar-refractivity contribution >= 4 is 0 Å². The molecule has 4 unspecified atom stereocenters. The summed E-state index contributed by atoms with van der Waals surface area (Å²) in [6, 6.07) is 0. The van der Waals surface area contributed by atoms with E-state index in [0.717, 1.165) is 175 Å². The Morgan fingerprint density at radius 3 is 0.947 bits per heavy atom. The molecular weight excluding hydrogens is 1360 g/mol. The minimum absolute atomic E-state index is 0.250. The van der Waals surface area contributed by atoms with Crippen molar-refractivity contribution in [2.45, 2.75) is 523 Å². The van der Waals surface area contributed by atoms with Crippen LogP contribution in [-0.2, 0) is 0 Å². The maximum Gasteiger partial charge on any atom is 0.0294 e. The second kappa shape index (κ2) is 40.8. The maximum absolute atomic E-state index is 6.94. The smallest absolute Gasteiger partial charge is 0.0294 e. The van der Waals surface area contributed by atoms with Crippen LogP contribution >= 0.6 is 0 Å². The quantitative estimate of drug-likeness (QED) is 0.259. The second-order valence-corrected chi connectivity index (χ2v) is 52.2. The molecule has 28 saturated carbocycles. The van der Waals surface area contributed by atoms with E-state index in [9.17, 15) is 0 Å². The fourth-order valence-electron chi connectivity index (χ4n) is 33.6. The van der Waals surface area contributed by atoms with Gasteiger partial charge in [0.2, 0.25) is 0 Å². The first-order chi connectivity index (χ1) is 54.0. The van der Waals surface area contributed by atoms with E-state index in [0.29, 0.717) is 10.8 Å². The van der Waals surface area contributed by atoms with Gasteiger partial charge in [0.25, 0.3) is 0 Å². The predicted octanol–water partition coefficient (Wildman–Crippen LogP) is 36.6. The molecule has 0 saturated heterocycles. The highest BCUT2D eigenvalue weighted by atomic mass is 14.6. The molecule has 0 heterocycles. The van der Waals surface area contributed by atoms with Crippen molar-refractivity contribution in [3.05, 3.63) is 0 Å². The summed E-state index contributed by atoms with van der Waals surface area (Å²) in [5, 5.41) is 0. The molecule has 0 radical (unpaired) electrons. The molecule has 0 N–H and O–H groups in total. The molecule has 0 heteroatoms. The van der Waals surface area contributed by atoms with Gasteiger partial charge in [0.1, 0.15) is 0 Å². The van der Waals surface area contributed by atoms with Crippen molar-refractivity contribution in [1.82, 2.24) is 0 Å². The van der Waals surface area contributed by atoms with Gasteiger partial charge in [-0.3, -0.25) is 0 Å². The summed E-state index contributed by atoms with van der Waals surface area (Å²) < 4.78 is 6.94. The van der Waals surface area contributed by atoms with Gasteiger partial charge in [-0.25, -0.2) is 0 Å². The van der Waals surface area contributed by atoms with Gasteiger partial charge in [0, 0.05) is 1.37 Å². The van der Waals surface area contributed by atoms with Crippen LogP contribution in [0.3, 0.4) is 0 Å². The molecule has 28 rings (SSSR count). The molecule has 113 heavy (non-hydrogen) atoms. The van der Waals surface area contributed by atoms with E-state index in [4.69, 9.17) is 1.37 Å². The summed E-state index contributed by atoms with van der Waals surface area (Å²) in [5.41, 5.74) is 6.17. The highest BCUT2D eigenvalue weighted by molar-refractivity contribution is 5.03. The van der Waals surface area contributed by atoms with Crippen LogP contribution in [0.2, 0.25) is 0 Å². The van der Waals surface area contributed by atoms with Crippen LogP contribution in [0, 0.1) is 191 Å². The van der Waals surface area contributed by atoms with Gasteiger partial charge >= 0.3 is 0 Å². The molecule has 0 aromatic heterocycles. The molecule has 0 nitrogen and oxygen atoms in total. The summed E-state index contributed by atoms with van der Waals surface area (Å²) in [4.78, 5) is 0. The molecular formula is C113H204. The molecule has 18 bridgehead atoms. The Labute approximate surface area is 711 Å². The monoisotopic (exact) mass is 1560 g/mol. The van der Waals surface area contributed by atoms with Gasteiger partial charge in [0.05, 0.1) is 0 Å². The average Bonchev–Trinajstić information content (AvgIpc) is 0.874. The van der Waals surface area contributed by atoms with E-state index in [-0.39, 0.29) is 5.89 Å². The molecule has 28 aliphatic rings. The van der Waals surface area contributed by atoms with Crippen molar-refractivity contribution in [2.24, 2.45) is 191 Å². The third-order valence-electron chi connectivity index (χ3n) is 42.3. The largest absolute Gasteiger partial charge is 0.0651 e. The molecule has 0 aliphatic heterocycles. The normalized spacial score (nSPS) is 45.0. The first-order valence-corrected chi connectivity index (χ1v) is 53.5. The maximum atomic E-state index is 6.94. The van der Waals surface area contributed by atoms with E-state index >= 15 is 0 Å². The predicted molar refractivity (Wildman–Crippen MR) is 496 cm³/mol. The van der Waals surface area contributed by atoms with E-state index in [1.165, 1.54) is 205 Å². The van der Waals surface area contributed by atoms with Crippen molar-refractivity contribution in [2.75, 3.05) is 0 Å². The lowest BCUT2D eigenvalue weighted by Gasteiger charge is -2.56. The third kappa shape index (κ3) is 25.0. The van der Waals surface area contributed by atoms with Crippen LogP contribution in [0.25, 0.3) is 0 Å². The second-order valence-electron chi connectivity index (χ2n) is 52.2. The molecule has 28 fully saturated rings. The van der Waals surface area contributed by atoms with Crippen molar-refractivity contribution < 1.29 is 1.37 Å². The van der Waals surface area contributed by atoms with Gasteiger partial charge < -0.3 is 0 Å². The summed E-state index contributed by atoms with van der Waals surface area (Å²) in [7, 11) is 0. The number of hydrogen-bond donors (Lipinski definition) is 0. The van der Waals surface area contributed by atoms with Crippen molar-refractivity contribution in [3.8, 4) is 0 Å². The van der Waals surface area contributed by atoms with E-state index in [2.05, 4.69) is 111 Å². The molecule has 8 atom stereocenters. The van der Waals surface area contributed by atoms with E-state index in [1.807, 2.05) is 20.8 Å². The minimum atomic E-state index is -0.250. The van der Waals surface area contributed by atoms with Gasteiger partial charge in [-0.1, -0.05) is 234 Å². The van der Waals surface area contributed by atoms with Crippen LogP contribution in [-0.4, -0.2) is 0 Å². The molecule has 3 spiro atoms. The average molecular weight is 1560 g/mol. The zero-order valence-electron chi connectivity index (χ0n) is 81.5. The standard InChI is InChI=1S/C14H26.C12H20.C12H22.C11H18.2C11H20.2C10H18.2C9H16.C4H10/c1-12-4-6-14(7-5-12)10-8-13(2,3)9-11-14;1-2-12-6-9-3-10(7-12)5-11(4-9)8-12;1-11-5-9-12(10-6-11)7-3-2-4-8-12;1-11-5-8-2-9(6-11)4-10(3-8)7-11;1-8-9-4-6-10(7-5-9)11(8,2)3;1-10-4-8-11(9-5-10)6-2-3-7-11;1-8-7-9-3-5-10(8,2)6-4-9;1-7-8(2)10-5-3-9(7)4-6-10;1-7-6-8-2-4-9(7)5-3-8;1-2-8-5-7-3-4-9(8)6-7;1-4(2)3/h12H,4-11H2,1-3H3;9-11H,2-8H2,1H3;11H,2-10H2,1H3;8-10H,2-7H2,1H3;8-10H,4-7H2,1-3H3;10H,2-9H2,1H3;8-9H,3-7H2,1-2H3;7-10H,3-6H2,1-2H3;2*7-9H,2-6H2,1H3;4H,1-3H3/t;;;;8-,9?,10?;;8-,9?,10?;7-,8?,9?,10?;7-,8?,9?;;/m....1.000../s1/i;;;;;;;;;;4D. The van der Waals surface area contributed by atoms with Gasteiger partial charge in [-0.15, -0.1) is 0 Å². The zero-order chi connectivity index (χ0) is 81.5. The van der Waals surface area contributed by atoms with Gasteiger partial charge in [0.15, 0.2) is 0 Å². The van der Waals surface area contributed by atoms with Crippen molar-refractivity contribution in [1.29, 1.82) is 0 Å². The van der Waals surface area contributed by atoms with Crippen LogP contribution in [0.4, 0.5) is 0 Å². The molecule has 0 amide bonds. The lowest BCUT2D eigenvalue weighted by molar-refractivity contribution is -0.0545. The van der Waals surface area contributed by atoms with Crippen LogP contribution in [0.15, 0.2) is 0 Å². The Hall–Kier alpha value is 0. The zero-order valence-corrected chi connectivity index (χ0v) is 80.5. The Morgan fingerprint density at radius 2 is 0.673 bits per heavy atom. The third-order valence-corrected chi connectivity index (χ3v) is 42.3. The summed E-state index contributed by atoms with van der Waals surface area (Å²) in [6.07, 6.45) is 93.9. The Bertz CT molecular complexity index is 2610. The minimum Gasteiger partial charge on any atom is -0.0651 e. The molecule has 0 aromatic rings. The lowest BCUT2D eigenvalue weighted by atomic mass is 9.49. The lowest BCUT2D eigenvalue weighted by Crippen LogP contribution is -2.45. The van der Waals surface area contributed by atoms with E-state index < -0.39 is 0 Å². The van der Waals surface area contributed by atoms with Gasteiger partial charge in [-0.2, -0.15) is 0 Å². The Kier molecular flexibility index (Phi) is 32.7. The summed E-state index contributed by atoms with van der Waals surface area (Å²) in [5.74, 6) is 25.9. The SMILES string of the molecule is CC12CC3CC(CC(C3)C1)C2.CC1C2CCC(CC2)[C@H]1C.CC1CCC2(CC1)CCC(C)(C)CC2.CC1CCC2(CCCC2)CC1.CC1CCC2(CCCCC2)CC1.CCC12CC3CC(CC(C3)C1)C2.CCC1CC2CCC1C2.C[C@@H]1C2CCC(CC2)C1(C)C.C[C@H]1CC2CCC1(C)CC2.C[C@H]1CC2CCC1CC2.[2H]C(C)(C)C. The van der Waals surface area contributed by atoms with Crippen LogP contribution in [0.1, 0.15) is 525 Å². The fraction of sp³-hybridized carbons (Fsp3) is 1.00. The topological polar surface area (TPSA) is 0 Å². The number of rotatable bonds is 2. The molecule has 28 aliphatic carbocycles. The number of hydrogen-bond acceptors (Lipinski definition) is 0. The first kappa shape index (κ1) is 90.7. The first-order valence-electron chi connectivity index (χ1n) is 54.0. The van der Waals surface area contributed by atoms with Crippen molar-refractivity contribution in [3.63, 3.8) is 0 Å². The highest BCUT2D eigenvalue weighted by Gasteiger charge is 2.52. The fourth-order valence-corrected chi connectivity index (χ4v) is 33.6. The number of fused-ring (bicyclic) bond motifs is 14. The van der Waals surface area contributed by atoms with E-state index in [1.54, 1.807) is 186 Å². The van der Waals surface area contributed by atoms with Gasteiger partial charge in [-0.05, 0) is 480 Å². The highest BCUT2D eigenvalue weighted by Crippen LogP contribution is 2.64.